The van der Waals surface area contributed by atoms with E-state index in [1.165, 1.54) is 0 Å². The number of ether oxygens (including phenoxy) is 1. The van der Waals surface area contributed by atoms with Crippen molar-refractivity contribution in [2.75, 3.05) is 13.1 Å². The Bertz CT molecular complexity index is 394. The van der Waals surface area contributed by atoms with Crippen LogP contribution in [-0.4, -0.2) is 45.0 Å². The molecule has 2 atom stereocenters. The molecule has 0 radical (unpaired) electrons. The molecule has 0 aromatic rings. The number of likely N-dealkylation sites (tertiary alicyclic amines) is 1. The summed E-state index contributed by atoms with van der Waals surface area (Å²) in [6, 6.07) is 0.220. The minimum atomic E-state index is -1.04. The minimum absolute atomic E-state index is 0.207. The molecule has 1 rings (SSSR count). The Morgan fingerprint density at radius 2 is 1.67 bits per heavy atom. The average molecular weight is 361 g/mol. The van der Waals surface area contributed by atoms with Crippen molar-refractivity contribution in [3.05, 3.63) is 0 Å². The molecule has 0 saturated carbocycles. The van der Waals surface area contributed by atoms with Gasteiger partial charge in [0.2, 0.25) is 0 Å². The van der Waals surface area contributed by atoms with Crippen molar-refractivity contribution < 1.29 is 14.1 Å². The van der Waals surface area contributed by atoms with Crippen molar-refractivity contribution >= 4 is 17.5 Å². The van der Waals surface area contributed by atoms with Crippen LogP contribution in [0, 0.1) is 5.92 Å². The third-order valence-corrected chi connectivity index (χ3v) is 5.91. The van der Waals surface area contributed by atoms with Crippen LogP contribution in [0.1, 0.15) is 74.1 Å². The average Bonchev–Trinajstić information content (AvgIpc) is 2.34. The molecule has 0 aliphatic carbocycles. The van der Waals surface area contributed by atoms with Gasteiger partial charge in [0, 0.05) is 24.5 Å². The highest BCUT2D eigenvalue weighted by Crippen LogP contribution is 2.24. The van der Waals surface area contributed by atoms with Crippen molar-refractivity contribution in [3.8, 4) is 0 Å². The number of hydrogen-bond acceptors (Lipinski definition) is 4. The summed E-state index contributed by atoms with van der Waals surface area (Å²) in [7, 11) is 0. The van der Waals surface area contributed by atoms with E-state index in [0.29, 0.717) is 5.92 Å². The highest BCUT2D eigenvalue weighted by Gasteiger charge is 2.31. The molecule has 1 saturated heterocycles. The zero-order chi connectivity index (χ0) is 18.5. The fraction of sp³-hybridized carbons (Fsp3) is 0.944. The number of hydrogen-bond donors (Lipinski definition) is 1. The molecule has 6 heteroatoms. The lowest BCUT2D eigenvalue weighted by Crippen LogP contribution is -2.47. The molecular formula is C18H36N2O3S. The van der Waals surface area contributed by atoms with Crippen LogP contribution in [-0.2, 0) is 16.1 Å². The molecule has 1 N–H and O–H groups in total. The van der Waals surface area contributed by atoms with Gasteiger partial charge >= 0.3 is 6.09 Å². The van der Waals surface area contributed by atoms with Gasteiger partial charge in [-0.05, 0) is 80.1 Å². The summed E-state index contributed by atoms with van der Waals surface area (Å²) < 4.78 is 20.8. The molecule has 1 fully saturated rings. The molecule has 1 heterocycles. The van der Waals surface area contributed by atoms with E-state index >= 15 is 0 Å². The van der Waals surface area contributed by atoms with Crippen LogP contribution in [0.5, 0.6) is 0 Å². The van der Waals surface area contributed by atoms with Crippen LogP contribution >= 0.6 is 0 Å². The number of rotatable bonds is 3. The number of carbonyl (C=O) groups excluding carboxylic acids is 1. The first kappa shape index (κ1) is 21.6. The summed E-state index contributed by atoms with van der Waals surface area (Å²) in [5, 5.41) is 0. The number of nitrogens with one attached hydrogen (secondary N) is 1. The Kier molecular flexibility index (Phi) is 7.88. The molecule has 0 spiro atoms. The molecule has 0 aromatic carbocycles. The Labute approximate surface area is 151 Å². The smallest absolute Gasteiger partial charge is 0.410 e. The molecular weight excluding hydrogens is 324 g/mol. The second-order valence-corrected chi connectivity index (χ2v) is 10.8. The van der Waals surface area contributed by atoms with Gasteiger partial charge < -0.3 is 14.2 Å². The van der Waals surface area contributed by atoms with E-state index in [1.54, 1.807) is 0 Å². The van der Waals surface area contributed by atoms with E-state index in [4.69, 9.17) is 4.74 Å². The standard InChI is InChI=1S/C18H36N2O3S/c1-14(19-24(22)18(5,6)7)15-10-8-12-20(13-9-11-15)16(21)23-17(2,3)4/h14-15,19H,8-13H2,1-7H3/t14?,24-/m1/s1. The molecule has 1 unspecified atom stereocenters. The maximum absolute atomic E-state index is 12.3. The normalized spacial score (nSPS) is 20.9. The van der Waals surface area contributed by atoms with E-state index in [-0.39, 0.29) is 16.9 Å². The highest BCUT2D eigenvalue weighted by molar-refractivity contribution is 7.90. The van der Waals surface area contributed by atoms with Crippen LogP contribution in [0.15, 0.2) is 0 Å². The molecule has 142 valence electrons. The first-order chi connectivity index (χ1) is 10.9. The highest BCUT2D eigenvalue weighted by atomic mass is 32.2. The Hall–Kier alpha value is -0.460. The summed E-state index contributed by atoms with van der Waals surface area (Å²) in [6.07, 6.45) is 3.78. The number of carbonyl (C=O) groups is 1. The van der Waals surface area contributed by atoms with Crippen molar-refractivity contribution in [3.63, 3.8) is 0 Å². The zero-order valence-electron chi connectivity index (χ0n) is 16.5. The molecule has 1 aliphatic rings. The van der Waals surface area contributed by atoms with E-state index in [0.717, 1.165) is 38.8 Å². The molecule has 1 amide bonds. The van der Waals surface area contributed by atoms with Gasteiger partial charge in [-0.2, -0.15) is 0 Å². The molecule has 24 heavy (non-hydrogen) atoms. The monoisotopic (exact) mass is 360 g/mol. The van der Waals surface area contributed by atoms with Crippen LogP contribution < -0.4 is 4.72 Å². The summed E-state index contributed by atoms with van der Waals surface area (Å²) >= 11 is -1.04. The van der Waals surface area contributed by atoms with Crippen molar-refractivity contribution in [2.24, 2.45) is 5.92 Å². The summed E-state index contributed by atoms with van der Waals surface area (Å²) in [4.78, 5) is 14.0. The zero-order valence-corrected chi connectivity index (χ0v) is 17.3. The van der Waals surface area contributed by atoms with Crippen LogP contribution in [0.2, 0.25) is 0 Å². The van der Waals surface area contributed by atoms with Crippen molar-refractivity contribution in [1.29, 1.82) is 0 Å². The first-order valence-corrected chi connectivity index (χ1v) is 10.2. The number of amides is 1. The fourth-order valence-electron chi connectivity index (χ4n) is 2.80. The van der Waals surface area contributed by atoms with E-state index in [9.17, 15) is 9.35 Å². The van der Waals surface area contributed by atoms with Gasteiger partial charge in [-0.25, -0.2) is 4.79 Å². The fourth-order valence-corrected chi connectivity index (χ4v) is 3.68. The number of nitrogens with zero attached hydrogens (tertiary/aromatic N) is 1. The van der Waals surface area contributed by atoms with Gasteiger partial charge in [0.15, 0.2) is 0 Å². The summed E-state index contributed by atoms with van der Waals surface area (Å²) in [6.45, 7) is 15.2. The molecule has 1 aliphatic heterocycles. The van der Waals surface area contributed by atoms with Gasteiger partial charge in [0.25, 0.3) is 0 Å². The lowest BCUT2D eigenvalue weighted by atomic mass is 9.90. The maximum atomic E-state index is 12.3. The van der Waals surface area contributed by atoms with Gasteiger partial charge in [-0.3, -0.25) is 0 Å². The topological polar surface area (TPSA) is 64.6 Å². The maximum Gasteiger partial charge on any atom is 0.410 e. The summed E-state index contributed by atoms with van der Waals surface area (Å²) in [5.41, 5.74) is -0.447. The predicted octanol–water partition coefficient (Wildman–Crippen LogP) is 3.85. The molecule has 0 aromatic heterocycles. The van der Waals surface area contributed by atoms with Crippen molar-refractivity contribution in [2.45, 2.75) is 90.5 Å². The van der Waals surface area contributed by atoms with E-state index < -0.39 is 17.0 Å². The Morgan fingerprint density at radius 3 is 2.08 bits per heavy atom. The largest absolute Gasteiger partial charge is 0.598 e. The van der Waals surface area contributed by atoms with Crippen LogP contribution in [0.4, 0.5) is 4.79 Å². The predicted molar refractivity (Wildman–Crippen MR) is 100 cm³/mol. The molecule has 0 bridgehead atoms. The Balaban J connectivity index is 2.49. The van der Waals surface area contributed by atoms with E-state index in [2.05, 4.69) is 11.6 Å². The lowest BCUT2D eigenvalue weighted by molar-refractivity contribution is 0.0226. The quantitative estimate of drug-likeness (QED) is 0.776. The first-order valence-electron chi connectivity index (χ1n) is 9.06. The SMILES string of the molecule is CC(N[S@+]([O-])C(C)(C)C)C1CCCN(C(=O)OC(C)(C)C)CCC1. The van der Waals surface area contributed by atoms with Crippen LogP contribution in [0.3, 0.4) is 0 Å². The lowest BCUT2D eigenvalue weighted by Gasteiger charge is -2.33. The van der Waals surface area contributed by atoms with Gasteiger partial charge in [-0.1, -0.05) is 0 Å². The van der Waals surface area contributed by atoms with Crippen molar-refractivity contribution in [1.82, 2.24) is 9.62 Å². The summed E-state index contributed by atoms with van der Waals surface area (Å²) in [5.74, 6) is 0.497. The second-order valence-electron chi connectivity index (χ2n) is 8.80. The minimum Gasteiger partial charge on any atom is -0.598 e. The Morgan fingerprint density at radius 1 is 1.17 bits per heavy atom. The molecule has 5 nitrogen and oxygen atoms in total. The third-order valence-electron chi connectivity index (χ3n) is 4.21. The van der Waals surface area contributed by atoms with Gasteiger partial charge in [0.1, 0.15) is 10.3 Å². The van der Waals surface area contributed by atoms with Gasteiger partial charge in [-0.15, -0.1) is 4.72 Å². The van der Waals surface area contributed by atoms with Crippen LogP contribution in [0.25, 0.3) is 0 Å². The second kappa shape index (κ2) is 8.77. The third kappa shape index (κ3) is 7.62. The van der Waals surface area contributed by atoms with E-state index in [1.807, 2.05) is 46.4 Å². The van der Waals surface area contributed by atoms with Gasteiger partial charge in [0.05, 0.1) is 6.04 Å².